The van der Waals surface area contributed by atoms with Crippen LogP contribution in [0, 0.1) is 0 Å². The predicted octanol–water partition coefficient (Wildman–Crippen LogP) is 0.920. The van der Waals surface area contributed by atoms with Crippen LogP contribution in [0.3, 0.4) is 0 Å². The van der Waals surface area contributed by atoms with E-state index in [0.29, 0.717) is 19.0 Å². The Labute approximate surface area is 99.3 Å². The van der Waals surface area contributed by atoms with Crippen molar-refractivity contribution in [3.8, 4) is 5.75 Å². The number of fused-ring (bicyclic) bond motifs is 1. The lowest BCUT2D eigenvalue weighted by Crippen LogP contribution is -2.06. The minimum Gasteiger partial charge on any atom is -0.494 e. The van der Waals surface area contributed by atoms with Crippen LogP contribution in [0.2, 0.25) is 0 Å². The molecule has 0 radical (unpaired) electrons. The number of hydrogen-bond acceptors (Lipinski definition) is 4. The molecule has 2 rings (SSSR count). The Bertz CT molecular complexity index is 508. The van der Waals surface area contributed by atoms with Gasteiger partial charge in [-0.3, -0.25) is 0 Å². The van der Waals surface area contributed by atoms with Crippen LogP contribution in [0.1, 0.15) is 12.7 Å². The first-order chi connectivity index (χ1) is 8.30. The van der Waals surface area contributed by atoms with Crippen LogP contribution in [-0.2, 0) is 13.2 Å². The van der Waals surface area contributed by atoms with Gasteiger partial charge in [0.25, 0.3) is 0 Å². The van der Waals surface area contributed by atoms with E-state index in [1.165, 1.54) is 0 Å². The SMILES string of the molecule is CCOc1ccc2c(c1)nc(CO)n2CCO. The van der Waals surface area contributed by atoms with E-state index >= 15 is 0 Å². The van der Waals surface area contributed by atoms with E-state index in [-0.39, 0.29) is 13.2 Å². The summed E-state index contributed by atoms with van der Waals surface area (Å²) in [6.45, 7) is 2.84. The zero-order chi connectivity index (χ0) is 12.3. The minimum absolute atomic E-state index is 0.0195. The molecule has 0 fully saturated rings. The Balaban J connectivity index is 2.49. The fourth-order valence-corrected chi connectivity index (χ4v) is 1.89. The van der Waals surface area contributed by atoms with E-state index < -0.39 is 0 Å². The molecule has 1 aromatic heterocycles. The molecular formula is C12H16N2O3. The van der Waals surface area contributed by atoms with Crippen LogP contribution < -0.4 is 4.74 Å². The summed E-state index contributed by atoms with van der Waals surface area (Å²) in [7, 11) is 0. The van der Waals surface area contributed by atoms with Crippen LogP contribution in [0.4, 0.5) is 0 Å². The molecule has 1 aromatic carbocycles. The van der Waals surface area contributed by atoms with Crippen molar-refractivity contribution in [2.24, 2.45) is 0 Å². The topological polar surface area (TPSA) is 67.5 Å². The molecule has 0 bridgehead atoms. The number of ether oxygens (including phenoxy) is 1. The third kappa shape index (κ3) is 2.25. The van der Waals surface area contributed by atoms with Gasteiger partial charge >= 0.3 is 0 Å². The Kier molecular flexibility index (Phi) is 3.61. The quantitative estimate of drug-likeness (QED) is 0.810. The second kappa shape index (κ2) is 5.16. The van der Waals surface area contributed by atoms with Gasteiger partial charge in [-0.15, -0.1) is 0 Å². The zero-order valence-corrected chi connectivity index (χ0v) is 9.76. The highest BCUT2D eigenvalue weighted by Gasteiger charge is 2.10. The summed E-state index contributed by atoms with van der Waals surface area (Å²) in [5.74, 6) is 1.32. The second-order valence-electron chi connectivity index (χ2n) is 3.64. The van der Waals surface area contributed by atoms with Crippen LogP contribution in [-0.4, -0.2) is 33.0 Å². The van der Waals surface area contributed by atoms with Crippen molar-refractivity contribution >= 4 is 11.0 Å². The number of benzene rings is 1. The van der Waals surface area contributed by atoms with Crippen LogP contribution in [0.15, 0.2) is 18.2 Å². The van der Waals surface area contributed by atoms with E-state index in [0.717, 1.165) is 16.8 Å². The molecule has 0 aliphatic rings. The minimum atomic E-state index is -0.140. The third-order valence-corrected chi connectivity index (χ3v) is 2.57. The molecule has 1 heterocycles. The van der Waals surface area contributed by atoms with Gasteiger partial charge in [-0.05, 0) is 19.1 Å². The summed E-state index contributed by atoms with van der Waals surface area (Å²) in [6.07, 6.45) is 0. The molecule has 0 atom stereocenters. The Morgan fingerprint density at radius 2 is 2.18 bits per heavy atom. The molecule has 0 spiro atoms. The molecule has 17 heavy (non-hydrogen) atoms. The molecule has 0 amide bonds. The largest absolute Gasteiger partial charge is 0.494 e. The van der Waals surface area contributed by atoms with Crippen molar-refractivity contribution in [1.29, 1.82) is 0 Å². The van der Waals surface area contributed by atoms with E-state index in [4.69, 9.17) is 9.84 Å². The standard InChI is InChI=1S/C12H16N2O3/c1-2-17-9-3-4-11-10(7-9)13-12(8-16)14(11)5-6-15/h3-4,7,15-16H,2,5-6,8H2,1H3. The Morgan fingerprint density at radius 3 is 2.82 bits per heavy atom. The van der Waals surface area contributed by atoms with Gasteiger partial charge in [-0.2, -0.15) is 0 Å². The predicted molar refractivity (Wildman–Crippen MR) is 63.9 cm³/mol. The molecule has 2 N–H and O–H groups in total. The van der Waals surface area contributed by atoms with Gasteiger partial charge in [0, 0.05) is 12.6 Å². The van der Waals surface area contributed by atoms with Crippen LogP contribution >= 0.6 is 0 Å². The van der Waals surface area contributed by atoms with E-state index in [9.17, 15) is 5.11 Å². The molecule has 5 heteroatoms. The summed E-state index contributed by atoms with van der Waals surface area (Å²) in [4.78, 5) is 4.31. The highest BCUT2D eigenvalue weighted by molar-refractivity contribution is 5.77. The van der Waals surface area contributed by atoms with E-state index in [1.807, 2.05) is 29.7 Å². The summed E-state index contributed by atoms with van der Waals surface area (Å²) in [5, 5.41) is 18.2. The maximum atomic E-state index is 9.22. The summed E-state index contributed by atoms with van der Waals surface area (Å²) < 4.78 is 7.21. The number of aliphatic hydroxyl groups is 2. The van der Waals surface area contributed by atoms with Crippen LogP contribution in [0.25, 0.3) is 11.0 Å². The van der Waals surface area contributed by atoms with Crippen molar-refractivity contribution in [3.63, 3.8) is 0 Å². The average Bonchev–Trinajstić information content (AvgIpc) is 2.68. The van der Waals surface area contributed by atoms with Crippen molar-refractivity contribution < 1.29 is 14.9 Å². The van der Waals surface area contributed by atoms with Gasteiger partial charge in [0.05, 0.1) is 24.2 Å². The van der Waals surface area contributed by atoms with Crippen molar-refractivity contribution in [2.45, 2.75) is 20.1 Å². The molecule has 0 aliphatic carbocycles. The van der Waals surface area contributed by atoms with Gasteiger partial charge in [-0.25, -0.2) is 4.98 Å². The number of nitrogens with zero attached hydrogens (tertiary/aromatic N) is 2. The monoisotopic (exact) mass is 236 g/mol. The molecule has 5 nitrogen and oxygen atoms in total. The first-order valence-corrected chi connectivity index (χ1v) is 5.63. The van der Waals surface area contributed by atoms with Crippen molar-refractivity contribution in [3.05, 3.63) is 24.0 Å². The summed E-state index contributed by atoms with van der Waals surface area (Å²) in [6, 6.07) is 5.59. The van der Waals surface area contributed by atoms with Gasteiger partial charge in [0.2, 0.25) is 0 Å². The number of aromatic nitrogens is 2. The molecule has 0 saturated heterocycles. The van der Waals surface area contributed by atoms with E-state index in [1.54, 1.807) is 0 Å². The lowest BCUT2D eigenvalue weighted by atomic mass is 10.3. The third-order valence-electron chi connectivity index (χ3n) is 2.57. The molecule has 0 unspecified atom stereocenters. The van der Waals surface area contributed by atoms with Crippen LogP contribution in [0.5, 0.6) is 5.75 Å². The number of imidazole rings is 1. The number of rotatable bonds is 5. The highest BCUT2D eigenvalue weighted by atomic mass is 16.5. The number of hydrogen-bond donors (Lipinski definition) is 2. The van der Waals surface area contributed by atoms with Gasteiger partial charge in [0.15, 0.2) is 0 Å². The summed E-state index contributed by atoms with van der Waals surface area (Å²) in [5.41, 5.74) is 1.67. The smallest absolute Gasteiger partial charge is 0.135 e. The lowest BCUT2D eigenvalue weighted by Gasteiger charge is -2.05. The van der Waals surface area contributed by atoms with E-state index in [2.05, 4.69) is 4.98 Å². The molecule has 0 saturated carbocycles. The lowest BCUT2D eigenvalue weighted by molar-refractivity contribution is 0.248. The molecule has 92 valence electrons. The zero-order valence-electron chi connectivity index (χ0n) is 9.76. The summed E-state index contributed by atoms with van der Waals surface area (Å²) >= 11 is 0. The molecule has 0 aliphatic heterocycles. The van der Waals surface area contributed by atoms with Crippen molar-refractivity contribution in [2.75, 3.05) is 13.2 Å². The maximum absolute atomic E-state index is 9.22. The van der Waals surface area contributed by atoms with Gasteiger partial charge in [-0.1, -0.05) is 0 Å². The van der Waals surface area contributed by atoms with Gasteiger partial charge in [0.1, 0.15) is 18.2 Å². The Hall–Kier alpha value is -1.59. The fourth-order valence-electron chi connectivity index (χ4n) is 1.89. The van der Waals surface area contributed by atoms with Crippen molar-refractivity contribution in [1.82, 2.24) is 9.55 Å². The first-order valence-electron chi connectivity index (χ1n) is 5.63. The van der Waals surface area contributed by atoms with Gasteiger partial charge < -0.3 is 19.5 Å². The Morgan fingerprint density at radius 1 is 1.35 bits per heavy atom. The second-order valence-corrected chi connectivity index (χ2v) is 3.64. The average molecular weight is 236 g/mol. The highest BCUT2D eigenvalue weighted by Crippen LogP contribution is 2.22. The number of aliphatic hydroxyl groups excluding tert-OH is 2. The normalized spacial score (nSPS) is 11.0. The molecule has 2 aromatic rings. The fraction of sp³-hybridized carbons (Fsp3) is 0.417. The molecular weight excluding hydrogens is 220 g/mol. The first kappa shape index (κ1) is 11.9. The maximum Gasteiger partial charge on any atom is 0.135 e.